The molecule has 3 rings (SSSR count). The third-order valence-corrected chi connectivity index (χ3v) is 4.93. The van der Waals surface area contributed by atoms with Crippen molar-refractivity contribution in [2.75, 3.05) is 18.5 Å². The van der Waals surface area contributed by atoms with Gasteiger partial charge in [-0.3, -0.25) is 14.4 Å². The number of likely N-dealkylation sites (tertiary alicyclic amines) is 1. The fraction of sp³-hybridized carbons (Fsp3) is 0.286. The van der Waals surface area contributed by atoms with Crippen molar-refractivity contribution in [2.24, 2.45) is 5.92 Å². The van der Waals surface area contributed by atoms with Crippen LogP contribution >= 0.6 is 11.6 Å². The lowest BCUT2D eigenvalue weighted by molar-refractivity contribution is -0.151. The standard InChI is InChI=1S/C21H21ClN2O4/c1-14(15-6-3-2-4-7-15)24-12-16(10-20(24)26)21(27)28-13-19(25)23-18-9-5-8-17(22)11-18/h2-9,11,14,16H,10,12-13H2,1H3,(H,23,25)/t14-,16-/m0/s1. The van der Waals surface area contributed by atoms with Crippen LogP contribution in [0.2, 0.25) is 5.02 Å². The minimum absolute atomic E-state index is 0.0892. The Morgan fingerprint density at radius 1 is 1.21 bits per heavy atom. The van der Waals surface area contributed by atoms with Gasteiger partial charge in [0.15, 0.2) is 6.61 Å². The Kier molecular flexibility index (Phi) is 6.31. The second-order valence-corrected chi connectivity index (χ2v) is 7.14. The van der Waals surface area contributed by atoms with Gasteiger partial charge < -0.3 is 15.0 Å². The maximum Gasteiger partial charge on any atom is 0.311 e. The van der Waals surface area contributed by atoms with E-state index in [4.69, 9.17) is 16.3 Å². The summed E-state index contributed by atoms with van der Waals surface area (Å²) in [4.78, 5) is 38.3. The fourth-order valence-corrected chi connectivity index (χ4v) is 3.38. The van der Waals surface area contributed by atoms with Crippen molar-refractivity contribution in [3.05, 3.63) is 65.2 Å². The molecule has 1 aliphatic heterocycles. The number of carbonyl (C=O) groups excluding carboxylic acids is 3. The van der Waals surface area contributed by atoms with Crippen LogP contribution in [-0.2, 0) is 19.1 Å². The number of hydrogen-bond donors (Lipinski definition) is 1. The van der Waals surface area contributed by atoms with Crippen LogP contribution in [0.25, 0.3) is 0 Å². The molecule has 1 aliphatic rings. The van der Waals surface area contributed by atoms with E-state index in [1.54, 1.807) is 29.2 Å². The fourth-order valence-electron chi connectivity index (χ4n) is 3.19. The number of benzene rings is 2. The molecule has 1 N–H and O–H groups in total. The van der Waals surface area contributed by atoms with E-state index in [1.165, 1.54) is 0 Å². The highest BCUT2D eigenvalue weighted by Gasteiger charge is 2.38. The average Bonchev–Trinajstić information content (AvgIpc) is 3.08. The molecule has 1 fully saturated rings. The van der Waals surface area contributed by atoms with Crippen molar-refractivity contribution in [2.45, 2.75) is 19.4 Å². The van der Waals surface area contributed by atoms with E-state index in [2.05, 4.69) is 5.32 Å². The highest BCUT2D eigenvalue weighted by atomic mass is 35.5. The first-order valence-electron chi connectivity index (χ1n) is 9.00. The lowest BCUT2D eigenvalue weighted by Gasteiger charge is -2.25. The summed E-state index contributed by atoms with van der Waals surface area (Å²) in [5.41, 5.74) is 1.53. The first kappa shape index (κ1) is 19.9. The van der Waals surface area contributed by atoms with Crippen LogP contribution in [0, 0.1) is 5.92 Å². The molecule has 1 saturated heterocycles. The Morgan fingerprint density at radius 2 is 1.96 bits per heavy atom. The van der Waals surface area contributed by atoms with Crippen molar-refractivity contribution >= 4 is 35.1 Å². The number of nitrogens with one attached hydrogen (secondary N) is 1. The Hall–Kier alpha value is -2.86. The molecular weight excluding hydrogens is 380 g/mol. The molecule has 1 heterocycles. The number of rotatable bonds is 6. The monoisotopic (exact) mass is 400 g/mol. The molecule has 0 radical (unpaired) electrons. The topological polar surface area (TPSA) is 75.7 Å². The molecule has 2 amide bonds. The number of hydrogen-bond acceptors (Lipinski definition) is 4. The third-order valence-electron chi connectivity index (χ3n) is 4.70. The number of amides is 2. The van der Waals surface area contributed by atoms with Crippen LogP contribution < -0.4 is 5.32 Å². The second kappa shape index (κ2) is 8.89. The van der Waals surface area contributed by atoms with Crippen LogP contribution in [0.3, 0.4) is 0 Å². The lowest BCUT2D eigenvalue weighted by atomic mass is 10.1. The minimum atomic E-state index is -0.572. The van der Waals surface area contributed by atoms with Gasteiger partial charge in [0.25, 0.3) is 5.91 Å². The summed E-state index contributed by atoms with van der Waals surface area (Å²) >= 11 is 5.87. The highest BCUT2D eigenvalue weighted by molar-refractivity contribution is 6.30. The van der Waals surface area contributed by atoms with Crippen LogP contribution in [0.1, 0.15) is 24.9 Å². The number of halogens is 1. The third kappa shape index (κ3) is 4.89. The van der Waals surface area contributed by atoms with Crippen LogP contribution in [-0.4, -0.2) is 35.8 Å². The van der Waals surface area contributed by atoms with Gasteiger partial charge in [-0.1, -0.05) is 48.0 Å². The van der Waals surface area contributed by atoms with E-state index in [0.29, 0.717) is 10.7 Å². The van der Waals surface area contributed by atoms with Gasteiger partial charge in [0.2, 0.25) is 5.91 Å². The van der Waals surface area contributed by atoms with Crippen LogP contribution in [0.4, 0.5) is 5.69 Å². The molecule has 0 spiro atoms. The summed E-state index contributed by atoms with van der Waals surface area (Å²) < 4.78 is 5.11. The average molecular weight is 401 g/mol. The molecule has 0 aliphatic carbocycles. The Labute approximate surface area is 168 Å². The summed E-state index contributed by atoms with van der Waals surface area (Å²) in [6.45, 7) is 1.80. The molecule has 2 atom stereocenters. The van der Waals surface area contributed by atoms with Crippen molar-refractivity contribution in [3.8, 4) is 0 Å². The van der Waals surface area contributed by atoms with Gasteiger partial charge in [-0.2, -0.15) is 0 Å². The Balaban J connectivity index is 1.51. The van der Waals surface area contributed by atoms with Crippen LogP contribution in [0.5, 0.6) is 0 Å². The smallest absolute Gasteiger partial charge is 0.311 e. The second-order valence-electron chi connectivity index (χ2n) is 6.70. The van der Waals surface area contributed by atoms with Crippen molar-refractivity contribution in [3.63, 3.8) is 0 Å². The maximum atomic E-state index is 12.3. The molecular formula is C21H21ClN2O4. The molecule has 146 valence electrons. The molecule has 0 bridgehead atoms. The quantitative estimate of drug-likeness (QED) is 0.754. The molecule has 7 heteroatoms. The number of anilines is 1. The van der Waals surface area contributed by atoms with Gasteiger partial charge in [-0.25, -0.2) is 0 Å². The van der Waals surface area contributed by atoms with Gasteiger partial charge >= 0.3 is 5.97 Å². The zero-order valence-corrected chi connectivity index (χ0v) is 16.2. The summed E-state index contributed by atoms with van der Waals surface area (Å²) in [6, 6.07) is 16.2. The van der Waals surface area contributed by atoms with E-state index in [0.717, 1.165) is 5.56 Å². The highest BCUT2D eigenvalue weighted by Crippen LogP contribution is 2.29. The molecule has 28 heavy (non-hydrogen) atoms. The van der Waals surface area contributed by atoms with E-state index in [9.17, 15) is 14.4 Å². The molecule has 0 aromatic heterocycles. The first-order chi connectivity index (χ1) is 13.4. The summed E-state index contributed by atoms with van der Waals surface area (Å²) in [7, 11) is 0. The predicted octanol–water partition coefficient (Wildman–Crippen LogP) is 3.43. The summed E-state index contributed by atoms with van der Waals surface area (Å²) in [5, 5.41) is 3.10. The SMILES string of the molecule is C[C@@H](c1ccccc1)N1C[C@@H](C(=O)OCC(=O)Nc2cccc(Cl)c2)CC1=O. The number of esters is 1. The number of carbonyl (C=O) groups is 3. The normalized spacial score (nSPS) is 17.3. The summed E-state index contributed by atoms with van der Waals surface area (Å²) in [5.74, 6) is -1.67. The molecule has 2 aromatic rings. The molecule has 0 unspecified atom stereocenters. The van der Waals surface area contributed by atoms with Gasteiger partial charge in [0, 0.05) is 23.7 Å². The predicted molar refractivity (Wildman–Crippen MR) is 106 cm³/mol. The van der Waals surface area contributed by atoms with Crippen molar-refractivity contribution in [1.29, 1.82) is 0 Å². The Bertz CT molecular complexity index is 872. The number of ether oxygens (including phenoxy) is 1. The largest absolute Gasteiger partial charge is 0.455 e. The van der Waals surface area contributed by atoms with E-state index in [-0.39, 0.29) is 24.9 Å². The summed E-state index contributed by atoms with van der Waals surface area (Å²) in [6.07, 6.45) is 0.0892. The molecule has 2 aromatic carbocycles. The first-order valence-corrected chi connectivity index (χ1v) is 9.38. The van der Waals surface area contributed by atoms with E-state index < -0.39 is 24.4 Å². The van der Waals surface area contributed by atoms with Crippen LogP contribution in [0.15, 0.2) is 54.6 Å². The number of nitrogens with zero attached hydrogens (tertiary/aromatic N) is 1. The van der Waals surface area contributed by atoms with E-state index >= 15 is 0 Å². The van der Waals surface area contributed by atoms with Gasteiger partial charge in [0.05, 0.1) is 12.0 Å². The minimum Gasteiger partial charge on any atom is -0.455 e. The van der Waals surface area contributed by atoms with Crippen molar-refractivity contribution < 1.29 is 19.1 Å². The lowest BCUT2D eigenvalue weighted by Crippen LogP contribution is -2.30. The zero-order chi connectivity index (χ0) is 20.1. The Morgan fingerprint density at radius 3 is 2.68 bits per heavy atom. The van der Waals surface area contributed by atoms with E-state index in [1.807, 2.05) is 37.3 Å². The van der Waals surface area contributed by atoms with Crippen molar-refractivity contribution in [1.82, 2.24) is 4.90 Å². The zero-order valence-electron chi connectivity index (χ0n) is 15.4. The molecule has 0 saturated carbocycles. The van der Waals surface area contributed by atoms with Gasteiger partial charge in [-0.15, -0.1) is 0 Å². The molecule has 6 nitrogen and oxygen atoms in total. The van der Waals surface area contributed by atoms with Gasteiger partial charge in [0.1, 0.15) is 0 Å². The maximum absolute atomic E-state index is 12.3. The van der Waals surface area contributed by atoms with Gasteiger partial charge in [-0.05, 0) is 30.7 Å².